The molecule has 0 bridgehead atoms. The topological polar surface area (TPSA) is 63.1 Å². The normalized spacial score (nSPS) is 19.8. The number of carbonyl (C=O) groups is 1. The predicted octanol–water partition coefficient (Wildman–Crippen LogP) is 3.08. The second-order valence-electron chi connectivity index (χ2n) is 7.45. The maximum absolute atomic E-state index is 13.1. The van der Waals surface area contributed by atoms with Gasteiger partial charge in [-0.1, -0.05) is 32.0 Å². The minimum absolute atomic E-state index is 0.0495. The first-order valence-electron chi connectivity index (χ1n) is 9.16. The third-order valence-electron chi connectivity index (χ3n) is 5.29. The van der Waals surface area contributed by atoms with Crippen LogP contribution in [0.5, 0.6) is 0 Å². The number of carbonyl (C=O) groups excluding carboxylic acids is 1. The largest absolute Gasteiger partial charge is 0.327 e. The first-order chi connectivity index (χ1) is 12.1. The molecule has 3 heterocycles. The molecule has 2 amide bonds. The van der Waals surface area contributed by atoms with Gasteiger partial charge in [0.2, 0.25) is 0 Å². The average Bonchev–Trinajstić information content (AvgIpc) is 3.25. The number of aryl methyl sites for hydroxylation is 1. The number of hydrogen-bond acceptors (Lipinski definition) is 3. The van der Waals surface area contributed by atoms with Crippen LogP contribution in [-0.4, -0.2) is 26.8 Å². The fourth-order valence-electron chi connectivity index (χ4n) is 4.01. The summed E-state index contributed by atoms with van der Waals surface area (Å²) in [6.45, 7) is 7.27. The molecule has 1 aromatic carbocycles. The third kappa shape index (κ3) is 2.69. The summed E-state index contributed by atoms with van der Waals surface area (Å²) in [5, 5.41) is 11.9. The Balaban J connectivity index is 1.60. The molecule has 0 unspecified atom stereocenters. The Morgan fingerprint density at radius 3 is 2.88 bits per heavy atom. The van der Waals surface area contributed by atoms with Crippen LogP contribution in [0.4, 0.5) is 10.5 Å². The van der Waals surface area contributed by atoms with Gasteiger partial charge in [-0.05, 0) is 37.3 Å². The first-order valence-corrected chi connectivity index (χ1v) is 9.16. The van der Waals surface area contributed by atoms with Crippen molar-refractivity contribution in [2.24, 2.45) is 5.92 Å². The zero-order valence-corrected chi connectivity index (χ0v) is 15.1. The lowest BCUT2D eigenvalue weighted by molar-refractivity contribution is 0.236. The lowest BCUT2D eigenvalue weighted by Gasteiger charge is -2.28. The van der Waals surface area contributed by atoms with Gasteiger partial charge in [-0.15, -0.1) is 10.2 Å². The minimum atomic E-state index is -0.133. The second-order valence-corrected chi connectivity index (χ2v) is 7.45. The number of anilines is 1. The van der Waals surface area contributed by atoms with E-state index < -0.39 is 0 Å². The molecule has 2 aromatic rings. The summed E-state index contributed by atoms with van der Waals surface area (Å²) in [4.78, 5) is 15.0. The Hall–Kier alpha value is -2.37. The van der Waals surface area contributed by atoms with Crippen LogP contribution in [0.25, 0.3) is 0 Å². The molecule has 4 rings (SSSR count). The van der Waals surface area contributed by atoms with E-state index in [1.54, 1.807) is 0 Å². The van der Waals surface area contributed by atoms with E-state index in [0.717, 1.165) is 43.1 Å². The molecule has 0 radical (unpaired) electrons. The van der Waals surface area contributed by atoms with Gasteiger partial charge >= 0.3 is 6.03 Å². The summed E-state index contributed by atoms with van der Waals surface area (Å²) in [6.07, 6.45) is 2.98. The number of aromatic nitrogens is 3. The van der Waals surface area contributed by atoms with E-state index in [0.29, 0.717) is 0 Å². The summed E-state index contributed by atoms with van der Waals surface area (Å²) in [7, 11) is 0. The Morgan fingerprint density at radius 1 is 1.28 bits per heavy atom. The molecule has 1 N–H and O–H groups in total. The molecule has 2 aliphatic heterocycles. The third-order valence-corrected chi connectivity index (χ3v) is 5.29. The van der Waals surface area contributed by atoms with Gasteiger partial charge < -0.3 is 9.88 Å². The zero-order chi connectivity index (χ0) is 17.6. The van der Waals surface area contributed by atoms with E-state index in [1.165, 1.54) is 5.56 Å². The lowest BCUT2D eigenvalue weighted by atomic mass is 10.0. The molecule has 0 saturated carbocycles. The molecule has 0 spiro atoms. The molecule has 2 atom stereocenters. The number of nitrogens with zero attached hydrogens (tertiary/aromatic N) is 4. The lowest BCUT2D eigenvalue weighted by Crippen LogP contribution is -2.46. The quantitative estimate of drug-likeness (QED) is 0.935. The van der Waals surface area contributed by atoms with E-state index in [9.17, 15) is 4.79 Å². The predicted molar refractivity (Wildman–Crippen MR) is 96.5 cm³/mol. The monoisotopic (exact) mass is 339 g/mol. The first kappa shape index (κ1) is 16.1. The number of rotatable bonds is 3. The van der Waals surface area contributed by atoms with Crippen molar-refractivity contribution in [2.75, 3.05) is 4.90 Å². The maximum Gasteiger partial charge on any atom is 0.322 e. The van der Waals surface area contributed by atoms with Crippen molar-refractivity contribution in [3.8, 4) is 0 Å². The highest BCUT2D eigenvalue weighted by atomic mass is 16.2. The SMILES string of the molecule is CC(C)[C@H](NC(=O)N1c2ccccc2C[C@H]1C)c1nnc2n1CCC2. The number of para-hydroxylation sites is 1. The van der Waals surface area contributed by atoms with Crippen molar-refractivity contribution in [1.29, 1.82) is 0 Å². The van der Waals surface area contributed by atoms with Crippen LogP contribution in [0, 0.1) is 5.92 Å². The number of fused-ring (bicyclic) bond motifs is 2. The average molecular weight is 339 g/mol. The van der Waals surface area contributed by atoms with Gasteiger partial charge in [-0.25, -0.2) is 4.79 Å². The van der Waals surface area contributed by atoms with Crippen molar-refractivity contribution < 1.29 is 4.79 Å². The summed E-state index contributed by atoms with van der Waals surface area (Å²) in [6, 6.07) is 8.13. The highest BCUT2D eigenvalue weighted by Crippen LogP contribution is 2.33. The van der Waals surface area contributed by atoms with Gasteiger partial charge in [0.1, 0.15) is 5.82 Å². The number of nitrogens with one attached hydrogen (secondary N) is 1. The highest BCUT2D eigenvalue weighted by Gasteiger charge is 2.34. The van der Waals surface area contributed by atoms with Crippen LogP contribution >= 0.6 is 0 Å². The molecule has 2 aliphatic rings. The Morgan fingerprint density at radius 2 is 2.08 bits per heavy atom. The Bertz CT molecular complexity index is 797. The molecule has 0 saturated heterocycles. The molecule has 25 heavy (non-hydrogen) atoms. The zero-order valence-electron chi connectivity index (χ0n) is 15.1. The van der Waals surface area contributed by atoms with Gasteiger partial charge in [-0.3, -0.25) is 4.90 Å². The van der Waals surface area contributed by atoms with Crippen molar-refractivity contribution in [2.45, 2.75) is 58.7 Å². The van der Waals surface area contributed by atoms with E-state index in [4.69, 9.17) is 0 Å². The Labute approximate surface area is 148 Å². The maximum atomic E-state index is 13.1. The molecule has 6 nitrogen and oxygen atoms in total. The van der Waals surface area contributed by atoms with E-state index in [1.807, 2.05) is 23.1 Å². The van der Waals surface area contributed by atoms with E-state index in [-0.39, 0.29) is 24.0 Å². The van der Waals surface area contributed by atoms with Crippen LogP contribution in [0.2, 0.25) is 0 Å². The van der Waals surface area contributed by atoms with E-state index in [2.05, 4.69) is 46.9 Å². The van der Waals surface area contributed by atoms with Crippen LogP contribution in [0.1, 0.15) is 50.4 Å². The molecule has 1 aromatic heterocycles. The molecule has 132 valence electrons. The molecule has 0 fully saturated rings. The molecule has 0 aliphatic carbocycles. The molecule has 6 heteroatoms. The summed E-state index contributed by atoms with van der Waals surface area (Å²) < 4.78 is 2.17. The van der Waals surface area contributed by atoms with Gasteiger partial charge in [-0.2, -0.15) is 0 Å². The number of hydrogen-bond donors (Lipinski definition) is 1. The standard InChI is InChI=1S/C19H25N5O/c1-12(2)17(18-22-21-16-9-6-10-23(16)18)20-19(25)24-13(3)11-14-7-4-5-8-15(14)24/h4-5,7-8,12-13,17H,6,9-11H2,1-3H3,(H,20,25)/t13-,17+/m1/s1. The molecular formula is C19H25N5O. The van der Waals surface area contributed by atoms with E-state index >= 15 is 0 Å². The summed E-state index contributed by atoms with van der Waals surface area (Å²) in [5.41, 5.74) is 2.25. The summed E-state index contributed by atoms with van der Waals surface area (Å²) >= 11 is 0. The van der Waals surface area contributed by atoms with Crippen molar-refractivity contribution in [3.63, 3.8) is 0 Å². The van der Waals surface area contributed by atoms with Gasteiger partial charge in [0, 0.05) is 24.7 Å². The van der Waals surface area contributed by atoms with Crippen LogP contribution < -0.4 is 10.2 Å². The smallest absolute Gasteiger partial charge is 0.322 e. The number of amides is 2. The van der Waals surface area contributed by atoms with Gasteiger partial charge in [0.05, 0.1) is 6.04 Å². The summed E-state index contributed by atoms with van der Waals surface area (Å²) in [5.74, 6) is 2.16. The fourth-order valence-corrected chi connectivity index (χ4v) is 4.01. The second kappa shape index (κ2) is 6.17. The van der Waals surface area contributed by atoms with Crippen molar-refractivity contribution >= 4 is 11.7 Å². The van der Waals surface area contributed by atoms with Crippen LogP contribution in [-0.2, 0) is 19.4 Å². The minimum Gasteiger partial charge on any atom is -0.327 e. The van der Waals surface area contributed by atoms with Gasteiger partial charge in [0.15, 0.2) is 5.82 Å². The highest BCUT2D eigenvalue weighted by molar-refractivity contribution is 5.95. The number of urea groups is 1. The number of benzene rings is 1. The van der Waals surface area contributed by atoms with Crippen LogP contribution in [0.15, 0.2) is 24.3 Å². The molecular weight excluding hydrogens is 314 g/mol. The van der Waals surface area contributed by atoms with Gasteiger partial charge in [0.25, 0.3) is 0 Å². The van der Waals surface area contributed by atoms with Crippen LogP contribution in [0.3, 0.4) is 0 Å². The fraction of sp³-hybridized carbons (Fsp3) is 0.526. The Kier molecular flexibility index (Phi) is 3.98. The van der Waals surface area contributed by atoms with Crippen molar-refractivity contribution in [3.05, 3.63) is 41.5 Å². The van der Waals surface area contributed by atoms with Crippen molar-refractivity contribution in [1.82, 2.24) is 20.1 Å².